The fourth-order valence-electron chi connectivity index (χ4n) is 5.97. The van der Waals surface area contributed by atoms with Crippen molar-refractivity contribution in [1.29, 1.82) is 0 Å². The molecule has 4 atom stereocenters. The normalized spacial score (nSPS) is 42.8. The summed E-state index contributed by atoms with van der Waals surface area (Å²) in [5.74, 6) is 4.91. The first-order valence-electron chi connectivity index (χ1n) is 10.4. The number of hydrogen-bond donors (Lipinski definition) is 1. The van der Waals surface area contributed by atoms with Crippen LogP contribution < -0.4 is 0 Å². The van der Waals surface area contributed by atoms with Crippen LogP contribution in [0.4, 0.5) is 0 Å². The van der Waals surface area contributed by atoms with Gasteiger partial charge in [0.25, 0.3) is 0 Å². The Hall–Kier alpha value is -0.0400. The van der Waals surface area contributed by atoms with Crippen LogP contribution >= 0.6 is 0 Å². The molecular formula is C21H38O. The Labute approximate surface area is 138 Å². The average molecular weight is 307 g/mol. The maximum absolute atomic E-state index is 9.98. The van der Waals surface area contributed by atoms with Crippen LogP contribution in [0.15, 0.2) is 0 Å². The van der Waals surface area contributed by atoms with Gasteiger partial charge in [-0.1, -0.05) is 45.4 Å². The fourth-order valence-corrected chi connectivity index (χ4v) is 5.97. The average Bonchev–Trinajstić information content (AvgIpc) is 2.55. The van der Waals surface area contributed by atoms with Gasteiger partial charge in [0.05, 0.1) is 6.10 Å². The number of aliphatic hydroxyl groups excluding tert-OH is 1. The van der Waals surface area contributed by atoms with E-state index in [1.54, 1.807) is 0 Å². The van der Waals surface area contributed by atoms with Gasteiger partial charge < -0.3 is 5.11 Å². The van der Waals surface area contributed by atoms with E-state index in [1.807, 2.05) is 0 Å². The number of fused-ring (bicyclic) bond motifs is 1. The third-order valence-electron chi connectivity index (χ3n) is 7.40. The molecule has 1 heteroatoms. The van der Waals surface area contributed by atoms with Crippen LogP contribution in [0.25, 0.3) is 0 Å². The van der Waals surface area contributed by atoms with Crippen molar-refractivity contribution < 1.29 is 5.11 Å². The number of rotatable bonds is 5. The second-order valence-corrected chi connectivity index (χ2v) is 8.84. The van der Waals surface area contributed by atoms with E-state index < -0.39 is 0 Å². The molecule has 3 aliphatic rings. The first-order valence-corrected chi connectivity index (χ1v) is 10.4. The zero-order chi connectivity index (χ0) is 15.4. The number of hydrogen-bond acceptors (Lipinski definition) is 1. The second kappa shape index (κ2) is 8.18. The van der Waals surface area contributed by atoms with E-state index in [2.05, 4.69) is 6.92 Å². The molecule has 22 heavy (non-hydrogen) atoms. The maximum Gasteiger partial charge on any atom is 0.0543 e. The lowest BCUT2D eigenvalue weighted by Gasteiger charge is -2.44. The van der Waals surface area contributed by atoms with E-state index in [0.717, 1.165) is 42.4 Å². The van der Waals surface area contributed by atoms with Crippen LogP contribution in [0, 0.1) is 29.6 Å². The lowest BCUT2D eigenvalue weighted by Crippen LogP contribution is -2.36. The molecule has 3 saturated carbocycles. The summed E-state index contributed by atoms with van der Waals surface area (Å²) in [6, 6.07) is 0. The highest BCUT2D eigenvalue weighted by Gasteiger charge is 2.38. The summed E-state index contributed by atoms with van der Waals surface area (Å²) in [7, 11) is 0. The maximum atomic E-state index is 9.98. The van der Waals surface area contributed by atoms with Crippen LogP contribution in [0.3, 0.4) is 0 Å². The van der Waals surface area contributed by atoms with Gasteiger partial charge in [-0.25, -0.2) is 0 Å². The van der Waals surface area contributed by atoms with E-state index in [4.69, 9.17) is 0 Å². The minimum absolute atomic E-state index is 0.0225. The Bertz CT molecular complexity index is 318. The van der Waals surface area contributed by atoms with Crippen molar-refractivity contribution in [1.82, 2.24) is 0 Å². The number of unbranched alkanes of at least 4 members (excludes halogenated alkanes) is 2. The van der Waals surface area contributed by atoms with Crippen molar-refractivity contribution >= 4 is 0 Å². The van der Waals surface area contributed by atoms with Crippen molar-refractivity contribution in [3.63, 3.8) is 0 Å². The summed E-state index contributed by atoms with van der Waals surface area (Å²) in [6.07, 6.45) is 19.8. The zero-order valence-corrected chi connectivity index (χ0v) is 14.8. The van der Waals surface area contributed by atoms with Gasteiger partial charge in [-0.3, -0.25) is 0 Å². The van der Waals surface area contributed by atoms with Crippen molar-refractivity contribution in [3.8, 4) is 0 Å². The smallest absolute Gasteiger partial charge is 0.0543 e. The van der Waals surface area contributed by atoms with Crippen LogP contribution in [0.1, 0.15) is 96.8 Å². The molecule has 1 nitrogen and oxygen atoms in total. The van der Waals surface area contributed by atoms with E-state index in [9.17, 15) is 5.11 Å². The lowest BCUT2D eigenvalue weighted by atomic mass is 9.62. The summed E-state index contributed by atoms with van der Waals surface area (Å²) in [4.78, 5) is 0. The Kier molecular flexibility index (Phi) is 6.24. The van der Waals surface area contributed by atoms with Gasteiger partial charge in [0.15, 0.2) is 0 Å². The molecule has 0 aliphatic heterocycles. The van der Waals surface area contributed by atoms with E-state index in [-0.39, 0.29) is 6.10 Å². The summed E-state index contributed by atoms with van der Waals surface area (Å²) in [5, 5.41) is 9.98. The molecule has 0 amide bonds. The predicted octanol–water partition coefficient (Wildman–Crippen LogP) is 5.95. The van der Waals surface area contributed by atoms with Crippen molar-refractivity contribution in [2.24, 2.45) is 29.6 Å². The third-order valence-corrected chi connectivity index (χ3v) is 7.40. The molecule has 0 saturated heterocycles. The molecule has 3 rings (SSSR count). The Balaban J connectivity index is 1.42. The van der Waals surface area contributed by atoms with Gasteiger partial charge in [-0.15, -0.1) is 0 Å². The van der Waals surface area contributed by atoms with Gasteiger partial charge in [0.1, 0.15) is 0 Å². The topological polar surface area (TPSA) is 20.2 Å². The molecule has 3 aliphatic carbocycles. The van der Waals surface area contributed by atoms with Crippen LogP contribution in [-0.2, 0) is 0 Å². The highest BCUT2D eigenvalue weighted by molar-refractivity contribution is 4.89. The van der Waals surface area contributed by atoms with Crippen molar-refractivity contribution in [2.75, 3.05) is 0 Å². The molecular weight excluding hydrogens is 268 g/mol. The molecule has 128 valence electrons. The fraction of sp³-hybridized carbons (Fsp3) is 1.00. The highest BCUT2D eigenvalue weighted by Crippen LogP contribution is 2.48. The molecule has 0 aromatic carbocycles. The van der Waals surface area contributed by atoms with Gasteiger partial charge >= 0.3 is 0 Å². The molecule has 0 aromatic heterocycles. The zero-order valence-electron chi connectivity index (χ0n) is 14.8. The van der Waals surface area contributed by atoms with Gasteiger partial charge in [0.2, 0.25) is 0 Å². The minimum atomic E-state index is 0.0225. The molecule has 0 heterocycles. The molecule has 0 spiro atoms. The quantitative estimate of drug-likeness (QED) is 0.622. The Morgan fingerprint density at radius 2 is 1.32 bits per heavy atom. The van der Waals surface area contributed by atoms with Gasteiger partial charge in [-0.05, 0) is 81.0 Å². The van der Waals surface area contributed by atoms with Crippen LogP contribution in [-0.4, -0.2) is 11.2 Å². The minimum Gasteiger partial charge on any atom is -0.393 e. The molecule has 4 unspecified atom stereocenters. The summed E-state index contributed by atoms with van der Waals surface area (Å²) in [5.41, 5.74) is 0. The molecule has 3 fully saturated rings. The van der Waals surface area contributed by atoms with E-state index in [0.29, 0.717) is 0 Å². The Morgan fingerprint density at radius 1 is 0.682 bits per heavy atom. The van der Waals surface area contributed by atoms with Crippen LogP contribution in [0.2, 0.25) is 0 Å². The Morgan fingerprint density at radius 3 is 2.09 bits per heavy atom. The third kappa shape index (κ3) is 4.28. The lowest BCUT2D eigenvalue weighted by molar-refractivity contribution is 0.0179. The van der Waals surface area contributed by atoms with E-state index in [1.165, 1.54) is 77.0 Å². The van der Waals surface area contributed by atoms with Gasteiger partial charge in [-0.2, -0.15) is 0 Å². The predicted molar refractivity (Wildman–Crippen MR) is 93.8 cm³/mol. The second-order valence-electron chi connectivity index (χ2n) is 8.84. The summed E-state index contributed by atoms with van der Waals surface area (Å²) >= 11 is 0. The van der Waals surface area contributed by atoms with Crippen molar-refractivity contribution in [3.05, 3.63) is 0 Å². The van der Waals surface area contributed by atoms with Gasteiger partial charge in [0, 0.05) is 0 Å². The molecule has 0 radical (unpaired) electrons. The highest BCUT2D eigenvalue weighted by atomic mass is 16.3. The first kappa shape index (κ1) is 16.8. The standard InChI is InChI=1S/C21H38O/c1-2-3-4-5-16-6-8-17(9-7-16)19-11-10-18-12-13-21(22)15-20(18)14-19/h16-22H,2-15H2,1H3. The first-order chi connectivity index (χ1) is 10.8. The monoisotopic (exact) mass is 306 g/mol. The van der Waals surface area contributed by atoms with Crippen molar-refractivity contribution in [2.45, 2.75) is 103 Å². The summed E-state index contributed by atoms with van der Waals surface area (Å²) < 4.78 is 0. The molecule has 0 aromatic rings. The summed E-state index contributed by atoms with van der Waals surface area (Å²) in [6.45, 7) is 2.31. The van der Waals surface area contributed by atoms with Crippen LogP contribution in [0.5, 0.6) is 0 Å². The molecule has 0 bridgehead atoms. The largest absolute Gasteiger partial charge is 0.393 e. The molecule has 1 N–H and O–H groups in total. The van der Waals surface area contributed by atoms with E-state index >= 15 is 0 Å². The SMILES string of the molecule is CCCCCC1CCC(C2CCC3CCC(O)CC3C2)CC1. The number of aliphatic hydroxyl groups is 1.